The molecule has 0 amide bonds. The lowest BCUT2D eigenvalue weighted by atomic mass is 9.98. The van der Waals surface area contributed by atoms with Gasteiger partial charge in [0.2, 0.25) is 0 Å². The summed E-state index contributed by atoms with van der Waals surface area (Å²) in [5.41, 5.74) is 1.41. The molecule has 1 unspecified atom stereocenters. The summed E-state index contributed by atoms with van der Waals surface area (Å²) in [4.78, 5) is 0. The smallest absolute Gasteiger partial charge is 0.119 e. The molecule has 0 saturated heterocycles. The van der Waals surface area contributed by atoms with Crippen LogP contribution in [0.4, 0.5) is 0 Å². The molecule has 2 rings (SSSR count). The second kappa shape index (κ2) is 6.79. The monoisotopic (exact) mass is 247 g/mol. The first-order chi connectivity index (χ1) is 8.79. The SMILES string of the molecule is CCCNCCC(C)c1ccc(OC2CC2)cc1. The van der Waals surface area contributed by atoms with Crippen LogP contribution in [0.25, 0.3) is 0 Å². The molecule has 1 aliphatic carbocycles. The van der Waals surface area contributed by atoms with E-state index in [1.807, 2.05) is 0 Å². The van der Waals surface area contributed by atoms with Gasteiger partial charge in [-0.1, -0.05) is 26.0 Å². The number of rotatable bonds is 8. The fourth-order valence-corrected chi connectivity index (χ4v) is 2.04. The Hall–Kier alpha value is -1.02. The van der Waals surface area contributed by atoms with Gasteiger partial charge in [-0.05, 0) is 62.4 Å². The van der Waals surface area contributed by atoms with Crippen molar-refractivity contribution in [1.29, 1.82) is 0 Å². The zero-order valence-electron chi connectivity index (χ0n) is 11.6. The molecule has 0 bridgehead atoms. The molecule has 2 heteroatoms. The molecule has 1 atom stereocenters. The van der Waals surface area contributed by atoms with Gasteiger partial charge >= 0.3 is 0 Å². The zero-order chi connectivity index (χ0) is 12.8. The molecule has 1 aromatic carbocycles. The van der Waals surface area contributed by atoms with Crippen LogP contribution in [0.3, 0.4) is 0 Å². The van der Waals surface area contributed by atoms with Gasteiger partial charge in [0.15, 0.2) is 0 Å². The van der Waals surface area contributed by atoms with Gasteiger partial charge in [-0.3, -0.25) is 0 Å². The van der Waals surface area contributed by atoms with E-state index >= 15 is 0 Å². The maximum atomic E-state index is 5.76. The van der Waals surface area contributed by atoms with Crippen LogP contribution in [0, 0.1) is 0 Å². The fourth-order valence-electron chi connectivity index (χ4n) is 2.04. The van der Waals surface area contributed by atoms with Crippen molar-refractivity contribution in [3.05, 3.63) is 29.8 Å². The molecule has 1 saturated carbocycles. The number of hydrogen-bond donors (Lipinski definition) is 1. The van der Waals surface area contributed by atoms with Crippen molar-refractivity contribution in [3.63, 3.8) is 0 Å². The fraction of sp³-hybridized carbons (Fsp3) is 0.625. The lowest BCUT2D eigenvalue weighted by Crippen LogP contribution is -2.17. The number of hydrogen-bond acceptors (Lipinski definition) is 2. The molecule has 0 aromatic heterocycles. The average molecular weight is 247 g/mol. The molecule has 0 radical (unpaired) electrons. The second-order valence-electron chi connectivity index (χ2n) is 5.33. The third kappa shape index (κ3) is 4.34. The van der Waals surface area contributed by atoms with Crippen LogP contribution in [0.2, 0.25) is 0 Å². The van der Waals surface area contributed by atoms with Crippen molar-refractivity contribution in [2.45, 2.75) is 51.6 Å². The number of benzene rings is 1. The van der Waals surface area contributed by atoms with Gasteiger partial charge in [0.1, 0.15) is 5.75 Å². The second-order valence-corrected chi connectivity index (χ2v) is 5.33. The van der Waals surface area contributed by atoms with Crippen LogP contribution in [0.15, 0.2) is 24.3 Å². The Bertz CT molecular complexity index is 343. The molecular formula is C16H25NO. The van der Waals surface area contributed by atoms with Crippen LogP contribution in [-0.2, 0) is 0 Å². The Morgan fingerprint density at radius 3 is 2.56 bits per heavy atom. The molecule has 1 fully saturated rings. The summed E-state index contributed by atoms with van der Waals surface area (Å²) in [7, 11) is 0. The third-order valence-corrected chi connectivity index (χ3v) is 3.46. The lowest BCUT2D eigenvalue weighted by molar-refractivity contribution is 0.303. The minimum atomic E-state index is 0.492. The summed E-state index contributed by atoms with van der Waals surface area (Å²) in [6, 6.07) is 8.65. The summed E-state index contributed by atoms with van der Waals surface area (Å²) >= 11 is 0. The molecule has 2 nitrogen and oxygen atoms in total. The molecule has 100 valence electrons. The molecule has 1 aliphatic rings. The standard InChI is InChI=1S/C16H25NO/c1-3-11-17-12-10-13(2)14-4-6-15(7-5-14)18-16-8-9-16/h4-7,13,16-17H,3,8-12H2,1-2H3. The number of ether oxygens (including phenoxy) is 1. The summed E-state index contributed by atoms with van der Waals surface area (Å²) in [6.07, 6.45) is 5.35. The first-order valence-electron chi connectivity index (χ1n) is 7.27. The van der Waals surface area contributed by atoms with E-state index < -0.39 is 0 Å². The molecule has 18 heavy (non-hydrogen) atoms. The summed E-state index contributed by atoms with van der Waals surface area (Å²) < 4.78 is 5.76. The molecular weight excluding hydrogens is 222 g/mol. The van der Waals surface area contributed by atoms with E-state index in [4.69, 9.17) is 4.74 Å². The van der Waals surface area contributed by atoms with Crippen molar-refractivity contribution in [2.24, 2.45) is 0 Å². The minimum absolute atomic E-state index is 0.492. The van der Waals surface area contributed by atoms with E-state index in [0.717, 1.165) is 18.8 Å². The molecule has 0 aliphatic heterocycles. The van der Waals surface area contributed by atoms with Crippen LogP contribution >= 0.6 is 0 Å². The van der Waals surface area contributed by atoms with E-state index in [1.165, 1.54) is 31.2 Å². The minimum Gasteiger partial charge on any atom is -0.490 e. The first kappa shape index (κ1) is 13.4. The summed E-state index contributed by atoms with van der Waals surface area (Å²) in [5.74, 6) is 1.64. The quantitative estimate of drug-likeness (QED) is 0.707. The molecule has 0 spiro atoms. The van der Waals surface area contributed by atoms with Crippen molar-refractivity contribution >= 4 is 0 Å². The van der Waals surface area contributed by atoms with E-state index in [1.54, 1.807) is 0 Å². The van der Waals surface area contributed by atoms with Crippen molar-refractivity contribution < 1.29 is 4.74 Å². The van der Waals surface area contributed by atoms with Crippen LogP contribution in [0.1, 0.15) is 51.0 Å². The maximum absolute atomic E-state index is 5.76. The normalized spacial score (nSPS) is 16.6. The van der Waals surface area contributed by atoms with Crippen molar-refractivity contribution in [2.75, 3.05) is 13.1 Å². The van der Waals surface area contributed by atoms with Crippen LogP contribution < -0.4 is 10.1 Å². The lowest BCUT2D eigenvalue weighted by Gasteiger charge is -2.13. The van der Waals surface area contributed by atoms with E-state index in [2.05, 4.69) is 43.4 Å². The highest BCUT2D eigenvalue weighted by molar-refractivity contribution is 5.29. The van der Waals surface area contributed by atoms with Gasteiger partial charge < -0.3 is 10.1 Å². The summed E-state index contributed by atoms with van der Waals surface area (Å²) in [5, 5.41) is 3.46. The van der Waals surface area contributed by atoms with Gasteiger partial charge in [0.25, 0.3) is 0 Å². The summed E-state index contributed by atoms with van der Waals surface area (Å²) in [6.45, 7) is 6.73. The number of nitrogens with one attached hydrogen (secondary N) is 1. The van der Waals surface area contributed by atoms with E-state index in [-0.39, 0.29) is 0 Å². The van der Waals surface area contributed by atoms with E-state index in [0.29, 0.717) is 12.0 Å². The molecule has 1 N–H and O–H groups in total. The van der Waals surface area contributed by atoms with Crippen molar-refractivity contribution in [1.82, 2.24) is 5.32 Å². The van der Waals surface area contributed by atoms with E-state index in [9.17, 15) is 0 Å². The van der Waals surface area contributed by atoms with Crippen molar-refractivity contribution in [3.8, 4) is 5.75 Å². The highest BCUT2D eigenvalue weighted by atomic mass is 16.5. The highest BCUT2D eigenvalue weighted by Gasteiger charge is 2.23. The van der Waals surface area contributed by atoms with Gasteiger partial charge in [-0.15, -0.1) is 0 Å². The Labute approximate surface area is 111 Å². The van der Waals surface area contributed by atoms with Crippen LogP contribution in [0.5, 0.6) is 5.75 Å². The van der Waals surface area contributed by atoms with Gasteiger partial charge in [0, 0.05) is 0 Å². The Morgan fingerprint density at radius 1 is 1.22 bits per heavy atom. The third-order valence-electron chi connectivity index (χ3n) is 3.46. The maximum Gasteiger partial charge on any atom is 0.119 e. The predicted octanol–water partition coefficient (Wildman–Crippen LogP) is 3.72. The largest absolute Gasteiger partial charge is 0.490 e. The zero-order valence-corrected chi connectivity index (χ0v) is 11.6. The predicted molar refractivity (Wildman–Crippen MR) is 76.3 cm³/mol. The first-order valence-corrected chi connectivity index (χ1v) is 7.27. The average Bonchev–Trinajstić information content (AvgIpc) is 3.19. The van der Waals surface area contributed by atoms with Gasteiger partial charge in [0.05, 0.1) is 6.10 Å². The van der Waals surface area contributed by atoms with Crippen LogP contribution in [-0.4, -0.2) is 19.2 Å². The topological polar surface area (TPSA) is 21.3 Å². The Balaban J connectivity index is 1.76. The molecule has 1 aromatic rings. The highest BCUT2D eigenvalue weighted by Crippen LogP contribution is 2.28. The Kier molecular flexibility index (Phi) is 5.06. The van der Waals surface area contributed by atoms with Gasteiger partial charge in [-0.2, -0.15) is 0 Å². The Morgan fingerprint density at radius 2 is 1.94 bits per heavy atom. The molecule has 0 heterocycles. The van der Waals surface area contributed by atoms with Gasteiger partial charge in [-0.25, -0.2) is 0 Å².